The summed E-state index contributed by atoms with van der Waals surface area (Å²) in [5.74, 6) is -1.53. The molecule has 5 heteroatoms. The van der Waals surface area contributed by atoms with Gasteiger partial charge in [-0.2, -0.15) is 0 Å². The first-order valence-electron chi connectivity index (χ1n) is 7.41. The molecule has 0 aliphatic rings. The summed E-state index contributed by atoms with van der Waals surface area (Å²) in [4.78, 5) is 29.5. The molecule has 0 spiro atoms. The van der Waals surface area contributed by atoms with Gasteiger partial charge >= 0.3 is 5.97 Å². The number of aliphatic carboxylic acids is 1. The van der Waals surface area contributed by atoms with Gasteiger partial charge in [0.05, 0.1) is 18.2 Å². The lowest BCUT2D eigenvalue weighted by Gasteiger charge is -2.27. The first-order valence-corrected chi connectivity index (χ1v) is 7.41. The van der Waals surface area contributed by atoms with Crippen molar-refractivity contribution in [2.45, 2.75) is 40.2 Å². The van der Waals surface area contributed by atoms with Crippen LogP contribution in [0.3, 0.4) is 0 Å². The van der Waals surface area contributed by atoms with Crippen LogP contribution >= 0.6 is 0 Å². The minimum atomic E-state index is -0.890. The van der Waals surface area contributed by atoms with Crippen LogP contribution in [0.5, 0.6) is 0 Å². The molecule has 0 aromatic carbocycles. The average molecular weight is 292 g/mol. The highest BCUT2D eigenvalue weighted by molar-refractivity contribution is 5.79. The third-order valence-electron chi connectivity index (χ3n) is 3.64. The van der Waals surface area contributed by atoms with Crippen molar-refractivity contribution >= 4 is 11.9 Å². The van der Waals surface area contributed by atoms with Crippen LogP contribution in [0, 0.1) is 11.8 Å². The highest BCUT2D eigenvalue weighted by Crippen LogP contribution is 2.16. The van der Waals surface area contributed by atoms with E-state index in [1.807, 2.05) is 32.0 Å². The Labute approximate surface area is 126 Å². The van der Waals surface area contributed by atoms with Crippen molar-refractivity contribution in [3.63, 3.8) is 0 Å². The predicted octanol–water partition coefficient (Wildman–Crippen LogP) is 2.57. The largest absolute Gasteiger partial charge is 0.481 e. The van der Waals surface area contributed by atoms with Crippen molar-refractivity contribution in [1.82, 2.24) is 9.88 Å². The maximum Gasteiger partial charge on any atom is 0.308 e. The molecule has 0 fully saturated rings. The maximum absolute atomic E-state index is 12.6. The number of carboxylic acid groups (broad SMARTS) is 1. The van der Waals surface area contributed by atoms with Crippen LogP contribution in [0.15, 0.2) is 24.4 Å². The first kappa shape index (κ1) is 17.1. The van der Waals surface area contributed by atoms with E-state index in [2.05, 4.69) is 4.98 Å². The van der Waals surface area contributed by atoms with E-state index in [4.69, 9.17) is 5.11 Å². The lowest BCUT2D eigenvalue weighted by atomic mass is 10.0. The first-order chi connectivity index (χ1) is 9.99. The summed E-state index contributed by atoms with van der Waals surface area (Å²) in [7, 11) is 0. The van der Waals surface area contributed by atoms with E-state index in [9.17, 15) is 9.59 Å². The fraction of sp³-hybridized carbons (Fsp3) is 0.562. The van der Waals surface area contributed by atoms with Crippen LogP contribution in [0.25, 0.3) is 0 Å². The minimum Gasteiger partial charge on any atom is -0.481 e. The summed E-state index contributed by atoms with van der Waals surface area (Å²) in [6, 6.07) is 5.53. The Morgan fingerprint density at radius 2 is 1.95 bits per heavy atom. The monoisotopic (exact) mass is 292 g/mol. The van der Waals surface area contributed by atoms with Gasteiger partial charge in [0.25, 0.3) is 0 Å². The van der Waals surface area contributed by atoms with E-state index in [0.717, 1.165) is 18.5 Å². The van der Waals surface area contributed by atoms with Gasteiger partial charge in [0.15, 0.2) is 0 Å². The number of hydrogen-bond donors (Lipinski definition) is 1. The van der Waals surface area contributed by atoms with Gasteiger partial charge < -0.3 is 10.0 Å². The molecular formula is C16H24N2O3. The quantitative estimate of drug-likeness (QED) is 0.799. The molecule has 1 heterocycles. The molecular weight excluding hydrogens is 268 g/mol. The number of carbonyl (C=O) groups excluding carboxylic acids is 1. The van der Waals surface area contributed by atoms with Gasteiger partial charge in [0.1, 0.15) is 0 Å². The van der Waals surface area contributed by atoms with E-state index >= 15 is 0 Å². The summed E-state index contributed by atoms with van der Waals surface area (Å²) in [6.45, 7) is 6.14. The van der Waals surface area contributed by atoms with Gasteiger partial charge in [0, 0.05) is 18.7 Å². The molecule has 1 amide bonds. The molecule has 1 N–H and O–H groups in total. The second-order valence-corrected chi connectivity index (χ2v) is 5.29. The van der Waals surface area contributed by atoms with Crippen molar-refractivity contribution in [3.8, 4) is 0 Å². The highest BCUT2D eigenvalue weighted by atomic mass is 16.4. The fourth-order valence-corrected chi connectivity index (χ4v) is 2.22. The number of carbonyl (C=O) groups is 2. The van der Waals surface area contributed by atoms with Gasteiger partial charge in [-0.25, -0.2) is 0 Å². The normalized spacial score (nSPS) is 12.2. The molecule has 1 aromatic heterocycles. The van der Waals surface area contributed by atoms with Crippen LogP contribution in [0.2, 0.25) is 0 Å². The number of nitrogens with zero attached hydrogens (tertiary/aromatic N) is 2. The Balaban J connectivity index is 2.88. The molecule has 5 nitrogen and oxygen atoms in total. The molecule has 0 bridgehead atoms. The molecule has 0 aliphatic heterocycles. The summed E-state index contributed by atoms with van der Waals surface area (Å²) >= 11 is 0. The van der Waals surface area contributed by atoms with Crippen LogP contribution in [0.1, 0.15) is 39.3 Å². The van der Waals surface area contributed by atoms with E-state index in [1.54, 1.807) is 18.0 Å². The smallest absolute Gasteiger partial charge is 0.308 e. The van der Waals surface area contributed by atoms with E-state index < -0.39 is 11.9 Å². The molecule has 1 atom stereocenters. The van der Waals surface area contributed by atoms with Gasteiger partial charge in [0.2, 0.25) is 5.91 Å². The standard InChI is InChI=1S/C16H24N2O3/c1-4-13(5-2)15(19)18(10-12(3)16(20)21)11-14-8-6-7-9-17-14/h6-9,12-13H,4-5,10-11H2,1-3H3,(H,20,21). The van der Waals surface area contributed by atoms with E-state index in [0.29, 0.717) is 6.54 Å². The number of pyridine rings is 1. The van der Waals surface area contributed by atoms with Crippen molar-refractivity contribution < 1.29 is 14.7 Å². The van der Waals surface area contributed by atoms with E-state index in [1.165, 1.54) is 0 Å². The van der Waals surface area contributed by atoms with Crippen molar-refractivity contribution in [3.05, 3.63) is 30.1 Å². The zero-order chi connectivity index (χ0) is 15.8. The second kappa shape index (κ2) is 8.39. The van der Waals surface area contributed by atoms with Gasteiger partial charge in [-0.15, -0.1) is 0 Å². The Bertz CT molecular complexity index is 458. The van der Waals surface area contributed by atoms with Crippen LogP contribution in [-0.2, 0) is 16.1 Å². The number of hydrogen-bond acceptors (Lipinski definition) is 3. The van der Waals surface area contributed by atoms with Crippen molar-refractivity contribution in [1.29, 1.82) is 0 Å². The molecule has 116 valence electrons. The SMILES string of the molecule is CCC(CC)C(=O)N(Cc1ccccn1)CC(C)C(=O)O. The number of carboxylic acids is 1. The van der Waals surface area contributed by atoms with Crippen LogP contribution in [0.4, 0.5) is 0 Å². The molecule has 1 aromatic rings. The molecule has 0 aliphatic carbocycles. The van der Waals surface area contributed by atoms with Crippen LogP contribution in [-0.4, -0.2) is 33.4 Å². The lowest BCUT2D eigenvalue weighted by molar-refractivity contribution is -0.144. The lowest BCUT2D eigenvalue weighted by Crippen LogP contribution is -2.40. The Morgan fingerprint density at radius 1 is 1.29 bits per heavy atom. The third-order valence-corrected chi connectivity index (χ3v) is 3.64. The molecule has 1 rings (SSSR count). The van der Waals surface area contributed by atoms with Crippen molar-refractivity contribution in [2.24, 2.45) is 11.8 Å². The summed E-state index contributed by atoms with van der Waals surface area (Å²) in [5, 5.41) is 9.08. The van der Waals surface area contributed by atoms with Gasteiger partial charge in [-0.3, -0.25) is 14.6 Å². The third kappa shape index (κ3) is 5.17. The zero-order valence-electron chi connectivity index (χ0n) is 13.0. The summed E-state index contributed by atoms with van der Waals surface area (Å²) in [6.07, 6.45) is 3.20. The van der Waals surface area contributed by atoms with Crippen LogP contribution < -0.4 is 0 Å². The Hall–Kier alpha value is -1.91. The molecule has 0 radical (unpaired) electrons. The number of amides is 1. The average Bonchev–Trinajstić information content (AvgIpc) is 2.48. The van der Waals surface area contributed by atoms with Gasteiger partial charge in [-0.05, 0) is 25.0 Å². The topological polar surface area (TPSA) is 70.5 Å². The van der Waals surface area contributed by atoms with E-state index in [-0.39, 0.29) is 18.4 Å². The molecule has 0 saturated heterocycles. The zero-order valence-corrected chi connectivity index (χ0v) is 13.0. The molecule has 0 saturated carbocycles. The molecule has 1 unspecified atom stereocenters. The van der Waals surface area contributed by atoms with Gasteiger partial charge in [-0.1, -0.05) is 26.8 Å². The summed E-state index contributed by atoms with van der Waals surface area (Å²) < 4.78 is 0. The molecule has 21 heavy (non-hydrogen) atoms. The minimum absolute atomic E-state index is 0.0127. The highest BCUT2D eigenvalue weighted by Gasteiger charge is 2.25. The Kier molecular flexibility index (Phi) is 6.85. The summed E-state index contributed by atoms with van der Waals surface area (Å²) in [5.41, 5.74) is 0.773. The second-order valence-electron chi connectivity index (χ2n) is 5.29. The predicted molar refractivity (Wildman–Crippen MR) is 80.5 cm³/mol. The maximum atomic E-state index is 12.6. The number of rotatable bonds is 8. The number of aromatic nitrogens is 1. The Morgan fingerprint density at radius 3 is 2.43 bits per heavy atom. The van der Waals surface area contributed by atoms with Crippen molar-refractivity contribution in [2.75, 3.05) is 6.54 Å². The fourth-order valence-electron chi connectivity index (χ4n) is 2.22.